The van der Waals surface area contributed by atoms with Gasteiger partial charge in [0.1, 0.15) is 5.75 Å². The van der Waals surface area contributed by atoms with E-state index in [4.69, 9.17) is 16.3 Å². The SMILES string of the molecule is Cc1ccc(NCC(O)CCl)c(OCC(F)(F)F)c1. The van der Waals surface area contributed by atoms with Gasteiger partial charge in [-0.3, -0.25) is 0 Å². The molecule has 0 heterocycles. The van der Waals surface area contributed by atoms with Crippen LogP contribution in [0.25, 0.3) is 0 Å². The summed E-state index contributed by atoms with van der Waals surface area (Å²) >= 11 is 5.43. The highest BCUT2D eigenvalue weighted by molar-refractivity contribution is 6.18. The highest BCUT2D eigenvalue weighted by Crippen LogP contribution is 2.27. The monoisotopic (exact) mass is 297 g/mol. The fourth-order valence-electron chi connectivity index (χ4n) is 1.34. The van der Waals surface area contributed by atoms with E-state index < -0.39 is 18.9 Å². The Hall–Kier alpha value is -1.14. The number of anilines is 1. The third-order valence-corrected chi connectivity index (χ3v) is 2.59. The predicted octanol–water partition coefficient (Wildman–Crippen LogP) is 2.95. The molecule has 0 fully saturated rings. The number of hydrogen-bond acceptors (Lipinski definition) is 3. The minimum atomic E-state index is -4.39. The summed E-state index contributed by atoms with van der Waals surface area (Å²) in [6.07, 6.45) is -5.17. The zero-order valence-electron chi connectivity index (χ0n) is 10.3. The van der Waals surface area contributed by atoms with E-state index in [0.29, 0.717) is 5.69 Å². The number of aryl methyl sites for hydroxylation is 1. The van der Waals surface area contributed by atoms with Crippen LogP contribution in [-0.2, 0) is 0 Å². The summed E-state index contributed by atoms with van der Waals surface area (Å²) in [6.45, 7) is 0.524. The number of aliphatic hydroxyl groups excluding tert-OH is 1. The summed E-state index contributed by atoms with van der Waals surface area (Å²) < 4.78 is 41.2. The van der Waals surface area contributed by atoms with E-state index in [9.17, 15) is 18.3 Å². The number of hydrogen-bond donors (Lipinski definition) is 2. The van der Waals surface area contributed by atoms with E-state index in [2.05, 4.69) is 5.32 Å². The van der Waals surface area contributed by atoms with Gasteiger partial charge in [-0.2, -0.15) is 13.2 Å². The van der Waals surface area contributed by atoms with Crippen molar-refractivity contribution in [1.29, 1.82) is 0 Å². The Morgan fingerprint density at radius 2 is 2.11 bits per heavy atom. The van der Waals surface area contributed by atoms with Crippen molar-refractivity contribution in [3.05, 3.63) is 23.8 Å². The molecule has 7 heteroatoms. The number of alkyl halides is 4. The number of ether oxygens (including phenoxy) is 1. The van der Waals surface area contributed by atoms with Gasteiger partial charge in [-0.05, 0) is 24.6 Å². The first-order chi connectivity index (χ1) is 8.81. The van der Waals surface area contributed by atoms with Crippen LogP contribution < -0.4 is 10.1 Å². The Morgan fingerprint density at radius 1 is 1.42 bits per heavy atom. The molecule has 1 unspecified atom stereocenters. The second kappa shape index (κ2) is 6.86. The Kier molecular flexibility index (Phi) is 5.75. The van der Waals surface area contributed by atoms with E-state index in [1.165, 1.54) is 6.07 Å². The molecule has 1 rings (SSSR count). The normalized spacial score (nSPS) is 13.2. The third-order valence-electron chi connectivity index (χ3n) is 2.23. The molecule has 0 aliphatic carbocycles. The van der Waals surface area contributed by atoms with Gasteiger partial charge >= 0.3 is 6.18 Å². The van der Waals surface area contributed by atoms with Crippen LogP contribution in [0, 0.1) is 6.92 Å². The average Bonchev–Trinajstić information content (AvgIpc) is 2.33. The van der Waals surface area contributed by atoms with Gasteiger partial charge < -0.3 is 15.2 Å². The first-order valence-corrected chi connectivity index (χ1v) is 6.13. The van der Waals surface area contributed by atoms with Crippen LogP contribution in [-0.4, -0.2) is 36.4 Å². The predicted molar refractivity (Wildman–Crippen MR) is 67.9 cm³/mol. The third kappa shape index (κ3) is 6.02. The largest absolute Gasteiger partial charge is 0.482 e. The molecular weight excluding hydrogens is 283 g/mol. The fraction of sp³-hybridized carbons (Fsp3) is 0.500. The highest BCUT2D eigenvalue weighted by atomic mass is 35.5. The maximum atomic E-state index is 12.1. The van der Waals surface area contributed by atoms with E-state index in [1.54, 1.807) is 19.1 Å². The number of halogens is 4. The minimum absolute atomic E-state index is 0.0393. The van der Waals surface area contributed by atoms with E-state index in [0.717, 1.165) is 5.56 Å². The van der Waals surface area contributed by atoms with Crippen LogP contribution in [0.2, 0.25) is 0 Å². The molecule has 19 heavy (non-hydrogen) atoms. The summed E-state index contributed by atoms with van der Waals surface area (Å²) in [5, 5.41) is 12.1. The van der Waals surface area contributed by atoms with Gasteiger partial charge in [-0.25, -0.2) is 0 Å². The Labute approximate surface area is 114 Å². The summed E-state index contributed by atoms with van der Waals surface area (Å²) in [5.41, 5.74) is 1.17. The number of benzene rings is 1. The van der Waals surface area contributed by atoms with Crippen molar-refractivity contribution in [3.63, 3.8) is 0 Å². The summed E-state index contributed by atoms with van der Waals surface area (Å²) in [7, 11) is 0. The molecular formula is C12H15ClF3NO2. The molecule has 0 saturated heterocycles. The van der Waals surface area contributed by atoms with Gasteiger partial charge in [0, 0.05) is 6.54 Å². The molecule has 0 aliphatic rings. The standard InChI is InChI=1S/C12H15ClF3NO2/c1-8-2-3-10(17-6-9(18)5-13)11(4-8)19-7-12(14,15)16/h2-4,9,17-18H,5-7H2,1H3. The molecule has 1 atom stereocenters. The minimum Gasteiger partial charge on any atom is -0.482 e. The molecule has 0 aliphatic heterocycles. The lowest BCUT2D eigenvalue weighted by atomic mass is 10.2. The van der Waals surface area contributed by atoms with E-state index >= 15 is 0 Å². The van der Waals surface area contributed by atoms with Crippen molar-refractivity contribution in [3.8, 4) is 5.75 Å². The molecule has 0 amide bonds. The van der Waals surface area contributed by atoms with Crippen molar-refractivity contribution in [2.45, 2.75) is 19.2 Å². The van der Waals surface area contributed by atoms with E-state index in [-0.39, 0.29) is 18.2 Å². The lowest BCUT2D eigenvalue weighted by molar-refractivity contribution is -0.153. The van der Waals surface area contributed by atoms with Crippen LogP contribution in [0.5, 0.6) is 5.75 Å². The molecule has 2 N–H and O–H groups in total. The molecule has 108 valence electrons. The lowest BCUT2D eigenvalue weighted by Crippen LogP contribution is -2.22. The number of rotatable bonds is 6. The summed E-state index contributed by atoms with van der Waals surface area (Å²) in [4.78, 5) is 0. The van der Waals surface area contributed by atoms with Crippen molar-refractivity contribution < 1.29 is 23.0 Å². The Morgan fingerprint density at radius 3 is 2.68 bits per heavy atom. The Balaban J connectivity index is 2.74. The van der Waals surface area contributed by atoms with Crippen LogP contribution in [0.15, 0.2) is 18.2 Å². The molecule has 0 bridgehead atoms. The summed E-state index contributed by atoms with van der Waals surface area (Å²) in [5.74, 6) is 0.136. The Bertz CT molecular complexity index is 412. The molecule has 0 aromatic heterocycles. The van der Waals surface area contributed by atoms with Crippen LogP contribution in [0.3, 0.4) is 0 Å². The number of aliphatic hydroxyl groups is 1. The topological polar surface area (TPSA) is 41.5 Å². The molecule has 0 spiro atoms. The highest BCUT2D eigenvalue weighted by Gasteiger charge is 2.28. The molecule has 0 saturated carbocycles. The first-order valence-electron chi connectivity index (χ1n) is 5.60. The average molecular weight is 298 g/mol. The molecule has 1 aromatic rings. The fourth-order valence-corrected chi connectivity index (χ4v) is 1.45. The summed E-state index contributed by atoms with van der Waals surface area (Å²) in [6, 6.07) is 4.83. The zero-order valence-corrected chi connectivity index (χ0v) is 11.1. The number of nitrogens with one attached hydrogen (secondary N) is 1. The second-order valence-corrected chi connectivity index (χ2v) is 4.40. The zero-order chi connectivity index (χ0) is 14.5. The van der Waals surface area contributed by atoms with Crippen molar-refractivity contribution in [2.24, 2.45) is 0 Å². The van der Waals surface area contributed by atoms with Gasteiger partial charge in [-0.1, -0.05) is 6.07 Å². The quantitative estimate of drug-likeness (QED) is 0.793. The first kappa shape index (κ1) is 15.9. The van der Waals surface area contributed by atoms with E-state index in [1.807, 2.05) is 0 Å². The van der Waals surface area contributed by atoms with Gasteiger partial charge in [0.25, 0.3) is 0 Å². The van der Waals surface area contributed by atoms with Gasteiger partial charge in [-0.15, -0.1) is 11.6 Å². The van der Waals surface area contributed by atoms with Crippen molar-refractivity contribution in [1.82, 2.24) is 0 Å². The maximum absolute atomic E-state index is 12.1. The second-order valence-electron chi connectivity index (χ2n) is 4.09. The van der Waals surface area contributed by atoms with Gasteiger partial charge in [0.05, 0.1) is 17.7 Å². The van der Waals surface area contributed by atoms with Crippen molar-refractivity contribution in [2.75, 3.05) is 24.3 Å². The maximum Gasteiger partial charge on any atom is 0.422 e. The van der Waals surface area contributed by atoms with Gasteiger partial charge in [0.2, 0.25) is 0 Å². The van der Waals surface area contributed by atoms with Crippen LogP contribution >= 0.6 is 11.6 Å². The molecule has 0 radical (unpaired) electrons. The lowest BCUT2D eigenvalue weighted by Gasteiger charge is -2.16. The van der Waals surface area contributed by atoms with Crippen molar-refractivity contribution >= 4 is 17.3 Å². The molecule has 3 nitrogen and oxygen atoms in total. The van der Waals surface area contributed by atoms with Gasteiger partial charge in [0.15, 0.2) is 6.61 Å². The van der Waals surface area contributed by atoms with Crippen LogP contribution in [0.4, 0.5) is 18.9 Å². The molecule has 1 aromatic carbocycles. The smallest absolute Gasteiger partial charge is 0.422 e. The van der Waals surface area contributed by atoms with Crippen LogP contribution in [0.1, 0.15) is 5.56 Å².